The maximum absolute atomic E-state index is 13.2. The van der Waals surface area contributed by atoms with Crippen molar-refractivity contribution in [1.29, 1.82) is 0 Å². The zero-order chi connectivity index (χ0) is 24.4. The van der Waals surface area contributed by atoms with Gasteiger partial charge < -0.3 is 9.73 Å². The highest BCUT2D eigenvalue weighted by Gasteiger charge is 2.25. The van der Waals surface area contributed by atoms with Crippen molar-refractivity contribution in [2.75, 3.05) is 6.54 Å². The van der Waals surface area contributed by atoms with Gasteiger partial charge in [0, 0.05) is 21.4 Å². The Morgan fingerprint density at radius 3 is 2.62 bits per heavy atom. The van der Waals surface area contributed by atoms with E-state index in [1.807, 2.05) is 18.2 Å². The number of fused-ring (bicyclic) bond motifs is 3. The number of nitrogens with one attached hydrogen (secondary N) is 1. The van der Waals surface area contributed by atoms with Gasteiger partial charge in [-0.2, -0.15) is 5.10 Å². The third kappa shape index (κ3) is 5.14. The fourth-order valence-corrected chi connectivity index (χ4v) is 5.10. The van der Waals surface area contributed by atoms with Gasteiger partial charge in [-0.3, -0.25) is 4.79 Å². The van der Waals surface area contributed by atoms with Crippen molar-refractivity contribution in [2.45, 2.75) is 46.5 Å². The molecule has 0 saturated carbocycles. The lowest BCUT2D eigenvalue weighted by atomic mass is 9.93. The smallest absolute Gasteiger partial charge is 0.275 e. The summed E-state index contributed by atoms with van der Waals surface area (Å²) < 4.78 is 8.68. The quantitative estimate of drug-likeness (QED) is 0.222. The van der Waals surface area contributed by atoms with E-state index in [1.54, 1.807) is 22.9 Å². The third-order valence-electron chi connectivity index (χ3n) is 6.44. The summed E-state index contributed by atoms with van der Waals surface area (Å²) in [6.45, 7) is 7.23. The molecule has 4 rings (SSSR count). The number of amides is 1. The van der Waals surface area contributed by atoms with Gasteiger partial charge in [0.05, 0.1) is 10.7 Å². The summed E-state index contributed by atoms with van der Waals surface area (Å²) in [5.41, 5.74) is 2.65. The van der Waals surface area contributed by atoms with Crippen LogP contribution in [0.2, 0.25) is 10.0 Å². The van der Waals surface area contributed by atoms with Gasteiger partial charge in [0.1, 0.15) is 11.1 Å². The lowest BCUT2D eigenvalue weighted by Crippen LogP contribution is -2.29. The number of hydrogen-bond donors (Lipinski definition) is 1. The number of nitrogens with zero attached hydrogens (tertiary/aromatic N) is 2. The van der Waals surface area contributed by atoms with Gasteiger partial charge in [0.25, 0.3) is 5.91 Å². The first kappa shape index (κ1) is 25.1. The molecule has 2 aromatic carbocycles. The molecule has 0 bridgehead atoms. The van der Waals surface area contributed by atoms with Crippen molar-refractivity contribution < 1.29 is 9.21 Å². The minimum atomic E-state index is -0.263. The molecule has 0 saturated heterocycles. The van der Waals surface area contributed by atoms with Crippen LogP contribution in [0.1, 0.15) is 56.9 Å². The molecule has 0 radical (unpaired) electrons. The number of furan rings is 1. The molecular formula is C26H28BrCl2N3O2. The zero-order valence-electron chi connectivity index (χ0n) is 19.5. The van der Waals surface area contributed by atoms with Crippen LogP contribution in [0, 0.1) is 11.8 Å². The molecule has 2 heterocycles. The van der Waals surface area contributed by atoms with Crippen LogP contribution in [-0.2, 0) is 0 Å². The molecule has 0 spiro atoms. The Morgan fingerprint density at radius 1 is 1.15 bits per heavy atom. The van der Waals surface area contributed by atoms with Gasteiger partial charge >= 0.3 is 0 Å². The summed E-state index contributed by atoms with van der Waals surface area (Å²) in [6, 6.07) is 10.9. The summed E-state index contributed by atoms with van der Waals surface area (Å²) in [6.07, 6.45) is 4.65. The van der Waals surface area contributed by atoms with E-state index < -0.39 is 0 Å². The van der Waals surface area contributed by atoms with Crippen LogP contribution in [0.4, 0.5) is 0 Å². The first-order valence-electron chi connectivity index (χ1n) is 11.7. The summed E-state index contributed by atoms with van der Waals surface area (Å²) in [4.78, 5) is 13.2. The van der Waals surface area contributed by atoms with Crippen LogP contribution in [0.25, 0.3) is 27.8 Å². The summed E-state index contributed by atoms with van der Waals surface area (Å²) in [7, 11) is 0. The van der Waals surface area contributed by atoms with Crippen molar-refractivity contribution in [3.8, 4) is 5.69 Å². The van der Waals surface area contributed by atoms with Gasteiger partial charge in [-0.1, -0.05) is 79.2 Å². The Labute approximate surface area is 217 Å². The number of benzene rings is 2. The minimum Gasteiger partial charge on any atom is -0.452 e. The molecule has 180 valence electrons. The fraction of sp³-hybridized carbons (Fsp3) is 0.385. The second-order valence-electron chi connectivity index (χ2n) is 8.85. The van der Waals surface area contributed by atoms with Gasteiger partial charge in [0.15, 0.2) is 11.3 Å². The summed E-state index contributed by atoms with van der Waals surface area (Å²) >= 11 is 16.1. The number of hydrogen-bond acceptors (Lipinski definition) is 3. The largest absolute Gasteiger partial charge is 0.452 e. The molecule has 4 aromatic rings. The predicted molar refractivity (Wildman–Crippen MR) is 143 cm³/mol. The Bertz CT molecular complexity index is 1330. The van der Waals surface area contributed by atoms with Crippen LogP contribution in [0.15, 0.2) is 45.3 Å². The maximum Gasteiger partial charge on any atom is 0.275 e. The number of carbonyl (C=O) groups is 1. The van der Waals surface area contributed by atoms with Gasteiger partial charge in [-0.15, -0.1) is 0 Å². The molecule has 0 aliphatic rings. The first-order valence-corrected chi connectivity index (χ1v) is 13.2. The Balaban J connectivity index is 1.67. The maximum atomic E-state index is 13.2. The van der Waals surface area contributed by atoms with Crippen LogP contribution < -0.4 is 5.32 Å². The van der Waals surface area contributed by atoms with Gasteiger partial charge in [-0.25, -0.2) is 4.68 Å². The molecule has 2 aromatic heterocycles. The van der Waals surface area contributed by atoms with Crippen LogP contribution in [0.3, 0.4) is 0 Å². The third-order valence-corrected chi connectivity index (χ3v) is 7.47. The topological polar surface area (TPSA) is 60.1 Å². The fourth-order valence-electron chi connectivity index (χ4n) is 4.27. The number of rotatable bonds is 9. The van der Waals surface area contributed by atoms with Crippen LogP contribution >= 0.6 is 39.1 Å². The van der Waals surface area contributed by atoms with E-state index in [0.717, 1.165) is 22.2 Å². The molecular weight excluding hydrogens is 537 g/mol. The van der Waals surface area contributed by atoms with Crippen molar-refractivity contribution in [1.82, 2.24) is 15.1 Å². The lowest BCUT2D eigenvalue weighted by Gasteiger charge is -2.16. The Hall–Kier alpha value is -2.02. The molecule has 34 heavy (non-hydrogen) atoms. The number of aromatic nitrogens is 2. The summed E-state index contributed by atoms with van der Waals surface area (Å²) in [5, 5.41) is 9.49. The highest BCUT2D eigenvalue weighted by Crippen LogP contribution is 2.36. The van der Waals surface area contributed by atoms with Gasteiger partial charge in [-0.05, 0) is 54.7 Å². The molecule has 1 N–H and O–H groups in total. The SMILES string of the molecule is CCC(CC)CCC(C)CNC(=O)c1nn(-c2ccc(Cl)cc2Cl)c2c1oc1cc(Br)ccc12. The van der Waals surface area contributed by atoms with Crippen molar-refractivity contribution in [3.05, 3.63) is 56.6 Å². The average Bonchev–Trinajstić information content (AvgIpc) is 3.35. The molecule has 1 unspecified atom stereocenters. The molecule has 0 aliphatic carbocycles. The van der Waals surface area contributed by atoms with Crippen LogP contribution in [-0.4, -0.2) is 22.2 Å². The van der Waals surface area contributed by atoms with E-state index >= 15 is 0 Å². The highest BCUT2D eigenvalue weighted by molar-refractivity contribution is 9.10. The normalized spacial score (nSPS) is 12.7. The summed E-state index contributed by atoms with van der Waals surface area (Å²) in [5.74, 6) is 0.855. The van der Waals surface area contributed by atoms with E-state index in [-0.39, 0.29) is 11.6 Å². The lowest BCUT2D eigenvalue weighted by molar-refractivity contribution is 0.0942. The van der Waals surface area contributed by atoms with Crippen molar-refractivity contribution in [2.24, 2.45) is 11.8 Å². The first-order chi connectivity index (χ1) is 16.3. The van der Waals surface area contributed by atoms with E-state index in [4.69, 9.17) is 27.6 Å². The van der Waals surface area contributed by atoms with Crippen LogP contribution in [0.5, 0.6) is 0 Å². The molecule has 5 nitrogen and oxygen atoms in total. The van der Waals surface area contributed by atoms with E-state index in [0.29, 0.717) is 44.9 Å². The number of carbonyl (C=O) groups excluding carboxylic acids is 1. The van der Waals surface area contributed by atoms with Crippen molar-refractivity contribution >= 4 is 67.1 Å². The van der Waals surface area contributed by atoms with Crippen molar-refractivity contribution in [3.63, 3.8) is 0 Å². The predicted octanol–water partition coefficient (Wildman–Crippen LogP) is 8.42. The molecule has 0 fully saturated rings. The minimum absolute atomic E-state index is 0.237. The van der Waals surface area contributed by atoms with E-state index in [1.165, 1.54) is 19.3 Å². The molecule has 0 aliphatic heterocycles. The Morgan fingerprint density at radius 2 is 1.91 bits per heavy atom. The van der Waals surface area contributed by atoms with Gasteiger partial charge in [0.2, 0.25) is 0 Å². The average molecular weight is 565 g/mol. The highest BCUT2D eigenvalue weighted by atomic mass is 79.9. The second kappa shape index (κ2) is 10.7. The molecule has 1 atom stereocenters. The molecule has 8 heteroatoms. The second-order valence-corrected chi connectivity index (χ2v) is 10.6. The monoisotopic (exact) mass is 563 g/mol. The van der Waals surface area contributed by atoms with E-state index in [9.17, 15) is 4.79 Å². The Kier molecular flexibility index (Phi) is 7.90. The van der Waals surface area contributed by atoms with E-state index in [2.05, 4.69) is 47.1 Å². The number of halogens is 3. The standard InChI is InChI=1S/C26H28BrCl2N3O2/c1-4-16(5-2)7-6-15(3)14-30-26(33)23-25-24(19-10-8-17(27)12-22(19)34-25)32(31-23)21-11-9-18(28)13-20(21)29/h8-13,15-16H,4-7,14H2,1-3H3,(H,30,33). The molecule has 1 amide bonds. The zero-order valence-corrected chi connectivity index (χ0v) is 22.6.